The van der Waals surface area contributed by atoms with Crippen molar-refractivity contribution < 1.29 is 14.7 Å². The maximum absolute atomic E-state index is 11.2. The molecule has 0 aromatic rings. The van der Waals surface area contributed by atoms with Gasteiger partial charge in [0, 0.05) is 13.1 Å². The minimum atomic E-state index is -0.689. The van der Waals surface area contributed by atoms with Gasteiger partial charge in [-0.1, -0.05) is 0 Å². The number of likely N-dealkylation sites (tertiary alicyclic amines) is 1. The molecule has 13 heavy (non-hydrogen) atoms. The van der Waals surface area contributed by atoms with Crippen LogP contribution in [0.3, 0.4) is 0 Å². The van der Waals surface area contributed by atoms with Gasteiger partial charge < -0.3 is 5.11 Å². The third-order valence-corrected chi connectivity index (χ3v) is 2.47. The molecule has 2 heterocycles. The maximum atomic E-state index is 11.2. The standard InChI is InChI=1S/C8H12N2O3/c1-8(13)3-10(4-8)5-2-6(11)9-7(5)12/h5,13H,2-4H2,1H3,(H,9,11,12). The molecule has 72 valence electrons. The Morgan fingerprint density at radius 2 is 2.15 bits per heavy atom. The van der Waals surface area contributed by atoms with Crippen LogP contribution in [0.1, 0.15) is 13.3 Å². The SMILES string of the molecule is CC1(O)CN(C2CC(=O)NC2=O)C1. The number of nitrogens with zero attached hydrogens (tertiary/aromatic N) is 1. The van der Waals surface area contributed by atoms with E-state index in [4.69, 9.17) is 0 Å². The largest absolute Gasteiger partial charge is 0.388 e. The monoisotopic (exact) mass is 184 g/mol. The van der Waals surface area contributed by atoms with Crippen LogP contribution in [0.15, 0.2) is 0 Å². The minimum Gasteiger partial charge on any atom is -0.388 e. The van der Waals surface area contributed by atoms with E-state index in [0.29, 0.717) is 13.1 Å². The van der Waals surface area contributed by atoms with Crippen molar-refractivity contribution in [1.29, 1.82) is 0 Å². The molecule has 2 saturated heterocycles. The Morgan fingerprint density at radius 3 is 2.54 bits per heavy atom. The molecule has 0 aromatic carbocycles. The first-order chi connectivity index (χ1) is 5.98. The first kappa shape index (κ1) is 8.65. The van der Waals surface area contributed by atoms with Gasteiger partial charge in [-0.15, -0.1) is 0 Å². The number of rotatable bonds is 1. The summed E-state index contributed by atoms with van der Waals surface area (Å²) in [5, 5.41) is 11.7. The summed E-state index contributed by atoms with van der Waals surface area (Å²) in [6, 6.07) is -0.354. The average molecular weight is 184 g/mol. The summed E-state index contributed by atoms with van der Waals surface area (Å²) in [5.41, 5.74) is -0.689. The predicted octanol–water partition coefficient (Wildman–Crippen LogP) is -1.53. The Hall–Kier alpha value is -0.940. The van der Waals surface area contributed by atoms with E-state index in [0.717, 1.165) is 0 Å². The molecule has 0 radical (unpaired) electrons. The lowest BCUT2D eigenvalue weighted by Gasteiger charge is -2.46. The normalized spacial score (nSPS) is 32.9. The second kappa shape index (κ2) is 2.52. The van der Waals surface area contributed by atoms with Gasteiger partial charge in [0.15, 0.2) is 0 Å². The molecule has 0 saturated carbocycles. The van der Waals surface area contributed by atoms with Crippen molar-refractivity contribution >= 4 is 11.8 Å². The van der Waals surface area contributed by atoms with Crippen molar-refractivity contribution in [3.05, 3.63) is 0 Å². The zero-order valence-electron chi connectivity index (χ0n) is 7.41. The number of carbonyl (C=O) groups excluding carboxylic acids is 2. The maximum Gasteiger partial charge on any atom is 0.244 e. The summed E-state index contributed by atoms with van der Waals surface area (Å²) in [7, 11) is 0. The van der Waals surface area contributed by atoms with Gasteiger partial charge >= 0.3 is 0 Å². The van der Waals surface area contributed by atoms with Crippen LogP contribution < -0.4 is 5.32 Å². The van der Waals surface area contributed by atoms with E-state index in [1.54, 1.807) is 6.92 Å². The van der Waals surface area contributed by atoms with E-state index in [1.807, 2.05) is 4.90 Å². The predicted molar refractivity (Wildman–Crippen MR) is 43.8 cm³/mol. The average Bonchev–Trinajstić information content (AvgIpc) is 2.24. The Bertz CT molecular complexity index is 267. The summed E-state index contributed by atoms with van der Waals surface area (Å²) < 4.78 is 0. The van der Waals surface area contributed by atoms with Crippen molar-refractivity contribution in [1.82, 2.24) is 10.2 Å². The highest BCUT2D eigenvalue weighted by atomic mass is 16.3. The Morgan fingerprint density at radius 1 is 1.54 bits per heavy atom. The molecule has 0 spiro atoms. The highest BCUT2D eigenvalue weighted by Gasteiger charge is 2.45. The van der Waals surface area contributed by atoms with E-state index < -0.39 is 5.60 Å². The molecule has 0 aromatic heterocycles. The van der Waals surface area contributed by atoms with Crippen LogP contribution in [0.2, 0.25) is 0 Å². The second-order valence-corrected chi connectivity index (χ2v) is 4.03. The molecule has 2 N–H and O–H groups in total. The molecular formula is C8H12N2O3. The van der Waals surface area contributed by atoms with Gasteiger partial charge in [0.1, 0.15) is 0 Å². The van der Waals surface area contributed by atoms with E-state index in [-0.39, 0.29) is 24.3 Å². The van der Waals surface area contributed by atoms with Crippen LogP contribution in [0, 0.1) is 0 Å². The van der Waals surface area contributed by atoms with Crippen molar-refractivity contribution in [3.63, 3.8) is 0 Å². The van der Waals surface area contributed by atoms with Crippen LogP contribution in [-0.2, 0) is 9.59 Å². The molecule has 5 heteroatoms. The van der Waals surface area contributed by atoms with Gasteiger partial charge in [-0.05, 0) is 6.92 Å². The molecule has 1 unspecified atom stereocenters. The van der Waals surface area contributed by atoms with Gasteiger partial charge in [-0.25, -0.2) is 0 Å². The van der Waals surface area contributed by atoms with Gasteiger partial charge in [0.2, 0.25) is 11.8 Å². The smallest absolute Gasteiger partial charge is 0.244 e. The quantitative estimate of drug-likeness (QED) is 0.485. The summed E-state index contributed by atoms with van der Waals surface area (Å²) in [6.45, 7) is 2.66. The second-order valence-electron chi connectivity index (χ2n) is 4.03. The number of imide groups is 1. The van der Waals surface area contributed by atoms with Gasteiger partial charge in [0.25, 0.3) is 0 Å². The fourth-order valence-corrected chi connectivity index (χ4v) is 1.88. The van der Waals surface area contributed by atoms with Crippen molar-refractivity contribution in [3.8, 4) is 0 Å². The zero-order chi connectivity index (χ0) is 9.64. The molecule has 0 aliphatic carbocycles. The first-order valence-corrected chi connectivity index (χ1v) is 4.28. The lowest BCUT2D eigenvalue weighted by atomic mass is 9.94. The van der Waals surface area contributed by atoms with Gasteiger partial charge in [-0.3, -0.25) is 19.8 Å². The topological polar surface area (TPSA) is 69.6 Å². The molecule has 2 fully saturated rings. The Balaban J connectivity index is 1.97. The fraction of sp³-hybridized carbons (Fsp3) is 0.750. The molecule has 2 rings (SSSR count). The van der Waals surface area contributed by atoms with Crippen molar-refractivity contribution in [2.45, 2.75) is 25.0 Å². The van der Waals surface area contributed by atoms with Crippen LogP contribution in [0.4, 0.5) is 0 Å². The number of β-amino-alcohol motifs (C(OH)–C–C–N with tert-alkyl or cyclic N) is 1. The highest BCUT2D eigenvalue weighted by molar-refractivity contribution is 6.05. The number of aliphatic hydroxyl groups is 1. The number of amides is 2. The third kappa shape index (κ3) is 1.45. The summed E-state index contributed by atoms with van der Waals surface area (Å²) in [5.74, 6) is -0.456. The summed E-state index contributed by atoms with van der Waals surface area (Å²) in [4.78, 5) is 23.8. The highest BCUT2D eigenvalue weighted by Crippen LogP contribution is 2.25. The lowest BCUT2D eigenvalue weighted by Crippen LogP contribution is -2.64. The molecule has 2 aliphatic rings. The lowest BCUT2D eigenvalue weighted by molar-refractivity contribution is -0.136. The van der Waals surface area contributed by atoms with Crippen LogP contribution in [0.25, 0.3) is 0 Å². The number of carbonyl (C=O) groups is 2. The van der Waals surface area contributed by atoms with Crippen LogP contribution in [-0.4, -0.2) is 46.6 Å². The minimum absolute atomic E-state index is 0.221. The third-order valence-electron chi connectivity index (χ3n) is 2.47. The number of hydrogen-bond acceptors (Lipinski definition) is 4. The number of nitrogens with one attached hydrogen (secondary N) is 1. The summed E-state index contributed by atoms with van der Waals surface area (Å²) in [6.07, 6.45) is 0.231. The summed E-state index contributed by atoms with van der Waals surface area (Å²) >= 11 is 0. The fourth-order valence-electron chi connectivity index (χ4n) is 1.88. The van der Waals surface area contributed by atoms with E-state index >= 15 is 0 Å². The molecular weight excluding hydrogens is 172 g/mol. The molecule has 1 atom stereocenters. The van der Waals surface area contributed by atoms with Crippen molar-refractivity contribution in [2.75, 3.05) is 13.1 Å². The van der Waals surface area contributed by atoms with Gasteiger partial charge in [0.05, 0.1) is 18.1 Å². The van der Waals surface area contributed by atoms with E-state index in [9.17, 15) is 14.7 Å². The molecule has 0 bridgehead atoms. The molecule has 2 amide bonds. The van der Waals surface area contributed by atoms with Gasteiger partial charge in [-0.2, -0.15) is 0 Å². The molecule has 2 aliphatic heterocycles. The first-order valence-electron chi connectivity index (χ1n) is 4.28. The van der Waals surface area contributed by atoms with Crippen LogP contribution >= 0.6 is 0 Å². The van der Waals surface area contributed by atoms with E-state index in [1.165, 1.54) is 0 Å². The van der Waals surface area contributed by atoms with Crippen molar-refractivity contribution in [2.24, 2.45) is 0 Å². The Kier molecular flexibility index (Phi) is 1.68. The number of hydrogen-bond donors (Lipinski definition) is 2. The zero-order valence-corrected chi connectivity index (χ0v) is 7.41. The molecule has 5 nitrogen and oxygen atoms in total. The van der Waals surface area contributed by atoms with Crippen LogP contribution in [0.5, 0.6) is 0 Å². The van der Waals surface area contributed by atoms with E-state index in [2.05, 4.69) is 5.32 Å². The Labute approximate surface area is 75.7 Å².